The van der Waals surface area contributed by atoms with Crippen molar-refractivity contribution >= 4 is 6.29 Å². The summed E-state index contributed by atoms with van der Waals surface area (Å²) in [5, 5.41) is 8.76. The molecule has 0 spiro atoms. The first-order chi connectivity index (χ1) is 25.4. The van der Waals surface area contributed by atoms with Crippen LogP contribution in [0.3, 0.4) is 0 Å². The number of hydrogen-bond donors (Lipinski definition) is 1. The van der Waals surface area contributed by atoms with Crippen LogP contribution in [-0.2, 0) is 25.5 Å². The zero-order chi connectivity index (χ0) is 41.9. The van der Waals surface area contributed by atoms with Crippen LogP contribution in [-0.4, -0.2) is 39.3 Å². The Morgan fingerprint density at radius 2 is 1.17 bits per heavy atom. The molecule has 6 heteroatoms. The Bertz CT molecular complexity index is 1280. The minimum atomic E-state index is -0.398. The van der Waals surface area contributed by atoms with E-state index in [2.05, 4.69) is 60.6 Å². The number of benzene rings is 3. The molecule has 0 fully saturated rings. The zero-order valence-electron chi connectivity index (χ0n) is 37.5. The van der Waals surface area contributed by atoms with Crippen LogP contribution in [0.5, 0.6) is 17.2 Å². The first-order valence-corrected chi connectivity index (χ1v) is 20.1. The van der Waals surface area contributed by atoms with Gasteiger partial charge in [0, 0.05) is 31.8 Å². The molecule has 3 aromatic carbocycles. The molecule has 0 amide bonds. The highest BCUT2D eigenvalue weighted by Crippen LogP contribution is 2.40. The van der Waals surface area contributed by atoms with Crippen LogP contribution in [0.15, 0.2) is 66.7 Å². The molecule has 0 aliphatic carbocycles. The fourth-order valence-electron chi connectivity index (χ4n) is 5.31. The van der Waals surface area contributed by atoms with Gasteiger partial charge < -0.3 is 28.8 Å². The highest BCUT2D eigenvalue weighted by atomic mass is 16.5. The summed E-state index contributed by atoms with van der Waals surface area (Å²) in [7, 11) is 5.08. The fraction of sp³-hybridized carbons (Fsp3) is 0.604. The Morgan fingerprint density at radius 3 is 1.50 bits per heavy atom. The van der Waals surface area contributed by atoms with Crippen LogP contribution in [0.25, 0.3) is 0 Å². The Hall–Kier alpha value is -3.35. The largest absolute Gasteiger partial charge is 0.508 e. The molecule has 0 saturated carbocycles. The first-order valence-electron chi connectivity index (χ1n) is 20.1. The summed E-state index contributed by atoms with van der Waals surface area (Å²) in [6.45, 7) is 30.4. The van der Waals surface area contributed by atoms with Gasteiger partial charge in [-0.05, 0) is 101 Å². The monoisotopic (exact) mass is 753 g/mol. The number of rotatable bonds is 16. The Kier molecular flexibility index (Phi) is 28.3. The Morgan fingerprint density at radius 1 is 0.704 bits per heavy atom. The van der Waals surface area contributed by atoms with Gasteiger partial charge in [0.2, 0.25) is 0 Å². The van der Waals surface area contributed by atoms with Crippen molar-refractivity contribution in [3.63, 3.8) is 0 Å². The molecule has 1 atom stereocenters. The maximum absolute atomic E-state index is 10.2. The van der Waals surface area contributed by atoms with Crippen molar-refractivity contribution in [2.24, 2.45) is 17.8 Å². The molecule has 0 aromatic heterocycles. The number of carbonyl (C=O) groups is 1. The van der Waals surface area contributed by atoms with Crippen molar-refractivity contribution in [3.8, 4) is 17.2 Å². The summed E-state index contributed by atoms with van der Waals surface area (Å²) in [6, 6.07) is 21.4. The zero-order valence-corrected chi connectivity index (χ0v) is 37.5. The van der Waals surface area contributed by atoms with E-state index >= 15 is 0 Å². The normalized spacial score (nSPS) is 11.5. The molecule has 6 nitrogen and oxygen atoms in total. The molecule has 1 N–H and O–H groups in total. The number of aryl methyl sites for hydroxylation is 1. The predicted molar refractivity (Wildman–Crippen MR) is 231 cm³/mol. The van der Waals surface area contributed by atoms with Gasteiger partial charge in [-0.2, -0.15) is 0 Å². The van der Waals surface area contributed by atoms with Crippen LogP contribution in [0.2, 0.25) is 0 Å². The first kappa shape index (κ1) is 52.8. The van der Waals surface area contributed by atoms with Gasteiger partial charge in [-0.25, -0.2) is 0 Å². The van der Waals surface area contributed by atoms with E-state index in [-0.39, 0.29) is 0 Å². The molecule has 308 valence electrons. The lowest BCUT2D eigenvalue weighted by Crippen LogP contribution is -2.25. The van der Waals surface area contributed by atoms with E-state index in [1.54, 1.807) is 33.5 Å². The second kappa shape index (κ2) is 29.0. The highest BCUT2D eigenvalue weighted by Gasteiger charge is 2.30. The van der Waals surface area contributed by atoms with Crippen LogP contribution in [0.4, 0.5) is 0 Å². The molecular weight excluding hydrogens is 673 g/mol. The van der Waals surface area contributed by atoms with Crippen molar-refractivity contribution in [2.75, 3.05) is 27.9 Å². The van der Waals surface area contributed by atoms with Crippen LogP contribution >= 0.6 is 0 Å². The standard InChI is InChI=1S/C16H24O2.C15H24O3.C8H18.C7H8O.C2H6/c1-4-14(12-13(2)3)15-6-8-16(9-7-15)18-11-5-10-17;1-14(2,17-6)11-9-8-10-12(13(11)16-5)15(3,4)18-7;1-7(2)5-6-8(3)4;1-6-2-4-7(8)5-3-6;1-2/h6-10,13-14H,4-5,11-12H2,1-3H3;8-10H,1-7H3;7-8H,5-6H2,1-4H3;2-5,8H,1H3;1-2H3. The number of para-hydroxylation sites is 1. The molecule has 0 saturated heterocycles. The fourth-order valence-corrected chi connectivity index (χ4v) is 5.31. The van der Waals surface area contributed by atoms with Crippen molar-refractivity contribution in [1.82, 2.24) is 0 Å². The third kappa shape index (κ3) is 22.1. The van der Waals surface area contributed by atoms with Crippen LogP contribution in [0.1, 0.15) is 150 Å². The van der Waals surface area contributed by atoms with E-state index in [4.69, 9.17) is 24.1 Å². The lowest BCUT2D eigenvalue weighted by atomic mass is 9.88. The van der Waals surface area contributed by atoms with Gasteiger partial charge in [0.05, 0.1) is 24.9 Å². The van der Waals surface area contributed by atoms with Gasteiger partial charge >= 0.3 is 0 Å². The maximum atomic E-state index is 10.2. The van der Waals surface area contributed by atoms with E-state index < -0.39 is 11.2 Å². The SMILES string of the molecule is CC.CC(C)CCC(C)C.CCC(CC(C)C)c1ccc(OCCC=O)cc1.COc1c(C(C)(C)OC)cccc1C(C)(C)OC.Cc1ccc(O)cc1. The maximum Gasteiger partial charge on any atom is 0.131 e. The minimum Gasteiger partial charge on any atom is -0.508 e. The van der Waals surface area contributed by atoms with Gasteiger partial charge in [0.1, 0.15) is 23.5 Å². The molecule has 54 heavy (non-hydrogen) atoms. The van der Waals surface area contributed by atoms with Crippen molar-refractivity contribution in [2.45, 2.75) is 146 Å². The number of hydrogen-bond acceptors (Lipinski definition) is 6. The summed E-state index contributed by atoms with van der Waals surface area (Å²) in [4.78, 5) is 10.2. The average molecular weight is 753 g/mol. The average Bonchev–Trinajstić information content (AvgIpc) is 3.15. The third-order valence-corrected chi connectivity index (χ3v) is 9.00. The number of aromatic hydroxyl groups is 1. The number of phenols is 1. The lowest BCUT2D eigenvalue weighted by molar-refractivity contribution is -0.108. The van der Waals surface area contributed by atoms with Crippen LogP contribution in [0, 0.1) is 24.7 Å². The summed E-state index contributed by atoms with van der Waals surface area (Å²) in [6.07, 6.45) is 6.50. The summed E-state index contributed by atoms with van der Waals surface area (Å²) in [5.41, 5.74) is 3.80. The van der Waals surface area contributed by atoms with E-state index in [0.717, 1.165) is 46.7 Å². The molecule has 3 aromatic rings. The van der Waals surface area contributed by atoms with E-state index in [1.165, 1.54) is 36.8 Å². The molecule has 0 heterocycles. The second-order valence-corrected chi connectivity index (χ2v) is 15.6. The van der Waals surface area contributed by atoms with Crippen molar-refractivity contribution in [3.05, 3.63) is 89.0 Å². The molecular formula is C48H80O6. The molecule has 0 aliphatic rings. The van der Waals surface area contributed by atoms with Gasteiger partial charge in [0.15, 0.2) is 0 Å². The summed E-state index contributed by atoms with van der Waals surface area (Å²) < 4.78 is 22.2. The molecule has 0 aliphatic heterocycles. The van der Waals surface area contributed by atoms with E-state index in [9.17, 15) is 4.79 Å². The van der Waals surface area contributed by atoms with E-state index in [0.29, 0.717) is 24.7 Å². The Labute approximate surface area is 332 Å². The summed E-state index contributed by atoms with van der Waals surface area (Å²) in [5.74, 6) is 5.13. The number of carbonyl (C=O) groups excluding carboxylic acids is 1. The van der Waals surface area contributed by atoms with Gasteiger partial charge in [0.25, 0.3) is 0 Å². The second-order valence-electron chi connectivity index (χ2n) is 15.6. The van der Waals surface area contributed by atoms with Crippen molar-refractivity contribution in [1.29, 1.82) is 0 Å². The highest BCUT2D eigenvalue weighted by molar-refractivity contribution is 5.49. The number of phenolic OH excluding ortho intramolecular Hbond substituents is 1. The topological polar surface area (TPSA) is 74.2 Å². The minimum absolute atomic E-state index is 0.329. The lowest BCUT2D eigenvalue weighted by Gasteiger charge is -2.31. The molecule has 0 radical (unpaired) electrons. The van der Waals surface area contributed by atoms with Gasteiger partial charge in [-0.1, -0.05) is 123 Å². The van der Waals surface area contributed by atoms with Gasteiger partial charge in [-0.3, -0.25) is 0 Å². The molecule has 3 rings (SSSR count). The number of methoxy groups -OCH3 is 3. The van der Waals surface area contributed by atoms with Crippen molar-refractivity contribution < 1.29 is 28.8 Å². The van der Waals surface area contributed by atoms with E-state index in [1.807, 2.05) is 90.9 Å². The molecule has 1 unspecified atom stereocenters. The van der Waals surface area contributed by atoms with Crippen LogP contribution < -0.4 is 9.47 Å². The quantitative estimate of drug-likeness (QED) is 0.116. The number of aldehydes is 1. The molecule has 0 bridgehead atoms. The summed E-state index contributed by atoms with van der Waals surface area (Å²) >= 11 is 0. The predicted octanol–water partition coefficient (Wildman–Crippen LogP) is 13.5. The van der Waals surface area contributed by atoms with Gasteiger partial charge in [-0.15, -0.1) is 0 Å². The smallest absolute Gasteiger partial charge is 0.131 e. The Balaban J connectivity index is 0. The number of ether oxygens (including phenoxy) is 4. The third-order valence-electron chi connectivity index (χ3n) is 9.00.